The molecule has 20 heavy (non-hydrogen) atoms. The molecule has 0 atom stereocenters. The quantitative estimate of drug-likeness (QED) is 0.630. The van der Waals surface area contributed by atoms with Gasteiger partial charge in [-0.05, 0) is 24.6 Å². The first-order valence-corrected chi connectivity index (χ1v) is 5.91. The van der Waals surface area contributed by atoms with Crippen molar-refractivity contribution in [3.63, 3.8) is 0 Å². The molecular weight excluding hydrogens is 262 g/mol. The van der Waals surface area contributed by atoms with Gasteiger partial charge in [-0.15, -0.1) is 0 Å². The first-order chi connectivity index (χ1) is 9.51. The molecule has 0 saturated carbocycles. The molecule has 0 unspecified atom stereocenters. The summed E-state index contributed by atoms with van der Waals surface area (Å²) in [6, 6.07) is 3.43. The molecule has 0 radical (unpaired) electrons. The second-order valence-electron chi connectivity index (χ2n) is 4.03. The van der Waals surface area contributed by atoms with Crippen LogP contribution >= 0.6 is 0 Å². The maximum absolute atomic E-state index is 11.4. The van der Waals surface area contributed by atoms with Crippen molar-refractivity contribution >= 4 is 5.97 Å². The molecule has 6 nitrogen and oxygen atoms in total. The lowest BCUT2D eigenvalue weighted by molar-refractivity contribution is -0.139. The Labute approximate surface area is 118 Å². The molecule has 1 rings (SSSR count). The Morgan fingerprint density at radius 2 is 1.70 bits per heavy atom. The average Bonchev–Trinajstić information content (AvgIpc) is 2.42. The predicted molar refractivity (Wildman–Crippen MR) is 73.8 cm³/mol. The van der Waals surface area contributed by atoms with Gasteiger partial charge >= 0.3 is 5.97 Å². The molecular formula is C14H19NO5. The van der Waals surface area contributed by atoms with Crippen LogP contribution in [0.4, 0.5) is 0 Å². The lowest BCUT2D eigenvalue weighted by Gasteiger charge is -2.14. The molecule has 0 aliphatic rings. The van der Waals surface area contributed by atoms with E-state index >= 15 is 0 Å². The minimum atomic E-state index is -0.501. The van der Waals surface area contributed by atoms with Gasteiger partial charge in [-0.2, -0.15) is 0 Å². The molecule has 1 aromatic rings. The van der Waals surface area contributed by atoms with Crippen LogP contribution in [-0.4, -0.2) is 27.3 Å². The average molecular weight is 281 g/mol. The van der Waals surface area contributed by atoms with Gasteiger partial charge in [0.15, 0.2) is 11.5 Å². The van der Waals surface area contributed by atoms with E-state index in [1.165, 1.54) is 27.4 Å². The van der Waals surface area contributed by atoms with E-state index in [4.69, 9.17) is 24.7 Å². The SMILES string of the molecule is COc1cc(COC(=O)C=C(C)N)cc(OC)c1OC. The number of esters is 1. The van der Waals surface area contributed by atoms with Gasteiger partial charge in [-0.1, -0.05) is 0 Å². The van der Waals surface area contributed by atoms with Crippen LogP contribution in [0.15, 0.2) is 23.9 Å². The number of allylic oxidation sites excluding steroid dienone is 1. The van der Waals surface area contributed by atoms with Gasteiger partial charge in [0.1, 0.15) is 6.61 Å². The molecule has 0 aliphatic heterocycles. The molecule has 0 aromatic heterocycles. The van der Waals surface area contributed by atoms with Crippen molar-refractivity contribution < 1.29 is 23.7 Å². The molecule has 0 fully saturated rings. The Hall–Kier alpha value is -2.37. The number of nitrogens with two attached hydrogens (primary N) is 1. The molecule has 0 heterocycles. The van der Waals surface area contributed by atoms with Crippen LogP contribution in [0.25, 0.3) is 0 Å². The van der Waals surface area contributed by atoms with Crippen LogP contribution in [0.2, 0.25) is 0 Å². The third-order valence-corrected chi connectivity index (χ3v) is 2.45. The molecule has 6 heteroatoms. The molecule has 1 aromatic carbocycles. The van der Waals surface area contributed by atoms with Gasteiger partial charge in [0.2, 0.25) is 5.75 Å². The van der Waals surface area contributed by atoms with Crippen LogP contribution in [0.5, 0.6) is 17.2 Å². The van der Waals surface area contributed by atoms with Gasteiger partial charge in [-0.25, -0.2) is 4.79 Å². The van der Waals surface area contributed by atoms with E-state index in [9.17, 15) is 4.79 Å². The summed E-state index contributed by atoms with van der Waals surface area (Å²) in [6.07, 6.45) is 1.22. The largest absolute Gasteiger partial charge is 0.493 e. The Morgan fingerprint density at radius 3 is 2.10 bits per heavy atom. The fourth-order valence-electron chi connectivity index (χ4n) is 1.60. The third kappa shape index (κ3) is 4.08. The minimum Gasteiger partial charge on any atom is -0.493 e. The molecule has 0 saturated heterocycles. The van der Waals surface area contributed by atoms with Crippen LogP contribution < -0.4 is 19.9 Å². The molecule has 0 amide bonds. The smallest absolute Gasteiger partial charge is 0.332 e. The molecule has 0 spiro atoms. The van der Waals surface area contributed by atoms with Crippen LogP contribution in [0, 0.1) is 0 Å². The number of hydrogen-bond donors (Lipinski definition) is 1. The van der Waals surface area contributed by atoms with Crippen molar-refractivity contribution in [2.75, 3.05) is 21.3 Å². The van der Waals surface area contributed by atoms with E-state index in [-0.39, 0.29) is 6.61 Å². The fraction of sp³-hybridized carbons (Fsp3) is 0.357. The van der Waals surface area contributed by atoms with Gasteiger partial charge in [0.05, 0.1) is 21.3 Å². The number of hydrogen-bond acceptors (Lipinski definition) is 6. The summed E-state index contributed by atoms with van der Waals surface area (Å²) in [5, 5.41) is 0. The summed E-state index contributed by atoms with van der Waals surface area (Å²) in [5.74, 6) is 0.994. The zero-order valence-corrected chi connectivity index (χ0v) is 12.1. The first-order valence-electron chi connectivity index (χ1n) is 5.91. The zero-order chi connectivity index (χ0) is 15.1. The highest BCUT2D eigenvalue weighted by Crippen LogP contribution is 2.38. The second kappa shape index (κ2) is 7.28. The fourth-order valence-corrected chi connectivity index (χ4v) is 1.60. The van der Waals surface area contributed by atoms with E-state index in [0.717, 1.165) is 5.56 Å². The highest BCUT2D eigenvalue weighted by molar-refractivity contribution is 5.82. The highest BCUT2D eigenvalue weighted by atomic mass is 16.5. The first kappa shape index (κ1) is 15.7. The maximum Gasteiger partial charge on any atom is 0.332 e. The minimum absolute atomic E-state index is 0.0827. The number of methoxy groups -OCH3 is 3. The van der Waals surface area contributed by atoms with Crippen LogP contribution in [-0.2, 0) is 16.1 Å². The number of carbonyl (C=O) groups excluding carboxylic acids is 1. The van der Waals surface area contributed by atoms with Crippen molar-refractivity contribution in [1.29, 1.82) is 0 Å². The Balaban J connectivity index is 2.91. The molecule has 0 bridgehead atoms. The Morgan fingerprint density at radius 1 is 1.15 bits per heavy atom. The molecule has 2 N–H and O–H groups in total. The van der Waals surface area contributed by atoms with E-state index in [1.807, 2.05) is 0 Å². The predicted octanol–water partition coefficient (Wildman–Crippen LogP) is 1.62. The van der Waals surface area contributed by atoms with E-state index in [0.29, 0.717) is 22.9 Å². The second-order valence-corrected chi connectivity index (χ2v) is 4.03. The Kier molecular flexibility index (Phi) is 5.71. The zero-order valence-electron chi connectivity index (χ0n) is 12.1. The highest BCUT2D eigenvalue weighted by Gasteiger charge is 2.13. The summed E-state index contributed by atoms with van der Waals surface area (Å²) < 4.78 is 20.7. The van der Waals surface area contributed by atoms with Crippen molar-refractivity contribution in [3.8, 4) is 17.2 Å². The number of ether oxygens (including phenoxy) is 4. The number of carbonyl (C=O) groups is 1. The van der Waals surface area contributed by atoms with Gasteiger partial charge in [0, 0.05) is 11.8 Å². The lowest BCUT2D eigenvalue weighted by Crippen LogP contribution is -2.05. The van der Waals surface area contributed by atoms with Crippen molar-refractivity contribution in [2.45, 2.75) is 13.5 Å². The normalized spacial score (nSPS) is 10.9. The lowest BCUT2D eigenvalue weighted by atomic mass is 10.2. The number of rotatable bonds is 6. The topological polar surface area (TPSA) is 80.0 Å². The monoisotopic (exact) mass is 281 g/mol. The standard InChI is InChI=1S/C14H19NO5/c1-9(15)5-13(16)20-8-10-6-11(17-2)14(19-4)12(7-10)18-3/h5-7H,8,15H2,1-4H3. The van der Waals surface area contributed by atoms with Crippen LogP contribution in [0.3, 0.4) is 0 Å². The van der Waals surface area contributed by atoms with E-state index in [1.54, 1.807) is 19.1 Å². The van der Waals surface area contributed by atoms with Gasteiger partial charge < -0.3 is 24.7 Å². The van der Waals surface area contributed by atoms with Crippen molar-refractivity contribution in [2.24, 2.45) is 5.73 Å². The summed E-state index contributed by atoms with van der Waals surface area (Å²) in [7, 11) is 4.57. The number of benzene rings is 1. The Bertz CT molecular complexity index is 481. The summed E-state index contributed by atoms with van der Waals surface area (Å²) in [6.45, 7) is 1.69. The van der Waals surface area contributed by atoms with Crippen LogP contribution in [0.1, 0.15) is 12.5 Å². The molecule has 110 valence electrons. The van der Waals surface area contributed by atoms with Gasteiger partial charge in [0.25, 0.3) is 0 Å². The maximum atomic E-state index is 11.4. The van der Waals surface area contributed by atoms with E-state index in [2.05, 4.69) is 0 Å². The summed E-state index contributed by atoms with van der Waals surface area (Å²) in [4.78, 5) is 11.4. The van der Waals surface area contributed by atoms with Crippen molar-refractivity contribution in [1.82, 2.24) is 0 Å². The molecule has 0 aliphatic carbocycles. The summed E-state index contributed by atoms with van der Waals surface area (Å²) >= 11 is 0. The summed E-state index contributed by atoms with van der Waals surface area (Å²) in [5.41, 5.74) is 6.50. The third-order valence-electron chi connectivity index (χ3n) is 2.45. The van der Waals surface area contributed by atoms with E-state index < -0.39 is 5.97 Å². The van der Waals surface area contributed by atoms with Crippen molar-refractivity contribution in [3.05, 3.63) is 29.5 Å². The van der Waals surface area contributed by atoms with Gasteiger partial charge in [-0.3, -0.25) is 0 Å².